The Hall–Kier alpha value is -3.38. The first-order valence-corrected chi connectivity index (χ1v) is 11.4. The molecule has 0 unspecified atom stereocenters. The van der Waals surface area contributed by atoms with E-state index in [0.717, 1.165) is 47.1 Å². The number of carbonyl (C=O) groups excluding carboxylic acids is 1. The number of hydrogen-bond donors (Lipinski definition) is 0. The molecule has 1 saturated heterocycles. The van der Waals surface area contributed by atoms with E-state index < -0.39 is 5.63 Å². The van der Waals surface area contributed by atoms with Crippen LogP contribution in [0.2, 0.25) is 0 Å². The topological polar surface area (TPSA) is 66.9 Å². The lowest BCUT2D eigenvalue weighted by atomic mass is 9.98. The second kappa shape index (κ2) is 8.52. The number of hydrogen-bond acceptors (Lipinski definition) is 5. The fourth-order valence-electron chi connectivity index (χ4n) is 4.94. The third kappa shape index (κ3) is 3.95. The fourth-order valence-corrected chi connectivity index (χ4v) is 4.94. The summed E-state index contributed by atoms with van der Waals surface area (Å²) in [5.41, 5.74) is 5.27. The van der Waals surface area contributed by atoms with Crippen molar-refractivity contribution in [1.29, 1.82) is 0 Å². The van der Waals surface area contributed by atoms with Crippen molar-refractivity contribution in [2.45, 2.75) is 33.7 Å². The van der Waals surface area contributed by atoms with Crippen LogP contribution in [0.5, 0.6) is 0 Å². The molecule has 6 nitrogen and oxygen atoms in total. The summed E-state index contributed by atoms with van der Waals surface area (Å²) in [7, 11) is 0. The molecule has 170 valence electrons. The fraction of sp³-hybridized carbons (Fsp3) is 0.333. The van der Waals surface area contributed by atoms with Gasteiger partial charge in [-0.25, -0.2) is 4.79 Å². The van der Waals surface area contributed by atoms with Crippen LogP contribution in [0.15, 0.2) is 56.3 Å². The molecule has 0 saturated carbocycles. The lowest BCUT2D eigenvalue weighted by molar-refractivity contribution is -0.132. The summed E-state index contributed by atoms with van der Waals surface area (Å²) in [6.45, 7) is 9.69. The Labute approximate surface area is 192 Å². The van der Waals surface area contributed by atoms with E-state index in [1.54, 1.807) is 6.26 Å². The van der Waals surface area contributed by atoms with Gasteiger partial charge in [-0.05, 0) is 49.1 Å². The molecule has 1 aliphatic heterocycles. The Balaban J connectivity index is 1.36. The summed E-state index contributed by atoms with van der Waals surface area (Å²) in [5.74, 6) is -0.0388. The van der Waals surface area contributed by atoms with Gasteiger partial charge in [0.05, 0.1) is 23.6 Å². The molecule has 3 heterocycles. The van der Waals surface area contributed by atoms with Crippen LogP contribution < -0.4 is 5.63 Å². The highest BCUT2D eigenvalue weighted by molar-refractivity contribution is 6.07. The van der Waals surface area contributed by atoms with E-state index in [-0.39, 0.29) is 12.3 Å². The van der Waals surface area contributed by atoms with Gasteiger partial charge in [0, 0.05) is 38.1 Å². The second-order valence-corrected chi connectivity index (χ2v) is 9.00. The molecule has 0 bridgehead atoms. The van der Waals surface area contributed by atoms with E-state index in [4.69, 9.17) is 8.83 Å². The van der Waals surface area contributed by atoms with Crippen LogP contribution in [-0.2, 0) is 17.8 Å². The Kier molecular flexibility index (Phi) is 5.54. The van der Waals surface area contributed by atoms with Crippen molar-refractivity contribution < 1.29 is 13.6 Å². The highest BCUT2D eigenvalue weighted by atomic mass is 16.4. The molecule has 0 radical (unpaired) electrons. The first kappa shape index (κ1) is 21.5. The quantitative estimate of drug-likeness (QED) is 0.438. The molecular weight excluding hydrogens is 416 g/mol. The van der Waals surface area contributed by atoms with Gasteiger partial charge in [-0.2, -0.15) is 0 Å². The van der Waals surface area contributed by atoms with Gasteiger partial charge in [0.15, 0.2) is 0 Å². The normalized spacial score (nSPS) is 14.9. The smallest absolute Gasteiger partial charge is 0.340 e. The summed E-state index contributed by atoms with van der Waals surface area (Å²) in [4.78, 5) is 30.1. The van der Waals surface area contributed by atoms with Crippen LogP contribution in [-0.4, -0.2) is 41.9 Å². The van der Waals surface area contributed by atoms with Crippen molar-refractivity contribution in [2.75, 3.05) is 26.2 Å². The van der Waals surface area contributed by atoms with Gasteiger partial charge < -0.3 is 13.7 Å². The average Bonchev–Trinajstić information content (AvgIpc) is 3.19. The Morgan fingerprint density at radius 2 is 1.70 bits per heavy atom. The molecule has 6 heteroatoms. The predicted octanol–water partition coefficient (Wildman–Crippen LogP) is 4.35. The van der Waals surface area contributed by atoms with Crippen LogP contribution in [0, 0.1) is 20.8 Å². The molecule has 1 fully saturated rings. The number of benzene rings is 2. The maximum atomic E-state index is 13.1. The average molecular weight is 445 g/mol. The van der Waals surface area contributed by atoms with Gasteiger partial charge >= 0.3 is 5.63 Å². The molecule has 2 aromatic carbocycles. The molecule has 1 amide bonds. The van der Waals surface area contributed by atoms with Crippen LogP contribution in [0.4, 0.5) is 0 Å². The van der Waals surface area contributed by atoms with E-state index in [9.17, 15) is 9.59 Å². The minimum atomic E-state index is -0.446. The van der Waals surface area contributed by atoms with Crippen molar-refractivity contribution >= 4 is 27.8 Å². The van der Waals surface area contributed by atoms with E-state index in [1.807, 2.05) is 49.9 Å². The molecule has 0 atom stereocenters. The van der Waals surface area contributed by atoms with Crippen LogP contribution >= 0.6 is 0 Å². The molecule has 2 aromatic heterocycles. The standard InChI is InChI=1S/C27H28N2O4/c1-17-13-22-25(26-24(17)18(2)16-32-26)19(3)21(27(31)33-22)14-23(30)29-11-9-28(10-12-29)15-20-7-5-4-6-8-20/h4-8,13,16H,9-12,14-15H2,1-3H3. The van der Waals surface area contributed by atoms with Crippen molar-refractivity contribution in [3.05, 3.63) is 80.9 Å². The van der Waals surface area contributed by atoms with Gasteiger partial charge in [-0.15, -0.1) is 0 Å². The number of carbonyl (C=O) groups is 1. The maximum absolute atomic E-state index is 13.1. The van der Waals surface area contributed by atoms with Crippen molar-refractivity contribution in [3.63, 3.8) is 0 Å². The number of rotatable bonds is 4. The Morgan fingerprint density at radius 1 is 0.970 bits per heavy atom. The van der Waals surface area contributed by atoms with Gasteiger partial charge in [0.2, 0.25) is 5.91 Å². The van der Waals surface area contributed by atoms with Crippen molar-refractivity contribution in [2.24, 2.45) is 0 Å². The van der Waals surface area contributed by atoms with Gasteiger partial charge in [0.25, 0.3) is 0 Å². The van der Waals surface area contributed by atoms with Gasteiger partial charge in [0.1, 0.15) is 11.2 Å². The third-order valence-electron chi connectivity index (χ3n) is 6.77. The first-order chi connectivity index (χ1) is 15.9. The van der Waals surface area contributed by atoms with Crippen molar-refractivity contribution in [1.82, 2.24) is 9.80 Å². The number of amides is 1. The highest BCUT2D eigenvalue weighted by Crippen LogP contribution is 2.34. The number of nitrogens with zero attached hydrogens (tertiary/aromatic N) is 2. The lowest BCUT2D eigenvalue weighted by Crippen LogP contribution is -2.49. The van der Waals surface area contributed by atoms with Crippen LogP contribution in [0.3, 0.4) is 0 Å². The lowest BCUT2D eigenvalue weighted by Gasteiger charge is -2.34. The molecule has 0 aliphatic carbocycles. The number of aryl methyl sites for hydroxylation is 3. The van der Waals surface area contributed by atoms with Crippen molar-refractivity contribution in [3.8, 4) is 0 Å². The molecule has 5 rings (SSSR count). The maximum Gasteiger partial charge on any atom is 0.340 e. The molecule has 0 N–H and O–H groups in total. The largest absolute Gasteiger partial charge is 0.463 e. The van der Waals surface area contributed by atoms with E-state index in [2.05, 4.69) is 17.0 Å². The zero-order valence-electron chi connectivity index (χ0n) is 19.3. The molecule has 1 aliphatic rings. The summed E-state index contributed by atoms with van der Waals surface area (Å²) in [6, 6.07) is 12.2. The molecule has 33 heavy (non-hydrogen) atoms. The van der Waals surface area contributed by atoms with Gasteiger partial charge in [-0.1, -0.05) is 30.3 Å². The van der Waals surface area contributed by atoms with E-state index >= 15 is 0 Å². The summed E-state index contributed by atoms with van der Waals surface area (Å²) in [5, 5.41) is 1.81. The number of piperazine rings is 1. The van der Waals surface area contributed by atoms with Gasteiger partial charge in [-0.3, -0.25) is 9.69 Å². The summed E-state index contributed by atoms with van der Waals surface area (Å²) >= 11 is 0. The predicted molar refractivity (Wildman–Crippen MR) is 128 cm³/mol. The zero-order valence-corrected chi connectivity index (χ0v) is 19.3. The first-order valence-electron chi connectivity index (χ1n) is 11.4. The summed E-state index contributed by atoms with van der Waals surface area (Å²) in [6.07, 6.45) is 1.76. The Bertz CT molecular complexity index is 1390. The monoisotopic (exact) mass is 444 g/mol. The molecular formula is C27H28N2O4. The molecule has 0 spiro atoms. The third-order valence-corrected chi connectivity index (χ3v) is 6.77. The number of fused-ring (bicyclic) bond motifs is 3. The minimum Gasteiger partial charge on any atom is -0.463 e. The zero-order chi connectivity index (χ0) is 23.1. The Morgan fingerprint density at radius 3 is 2.42 bits per heavy atom. The van der Waals surface area contributed by atoms with Crippen LogP contribution in [0.1, 0.15) is 27.8 Å². The second-order valence-electron chi connectivity index (χ2n) is 9.00. The highest BCUT2D eigenvalue weighted by Gasteiger charge is 2.25. The van der Waals surface area contributed by atoms with E-state index in [0.29, 0.717) is 29.8 Å². The minimum absolute atomic E-state index is 0.0388. The number of furan rings is 1. The molecule has 4 aromatic rings. The SMILES string of the molecule is Cc1coc2c1c(C)cc1oc(=O)c(CC(=O)N3CCN(Cc4ccccc4)CC3)c(C)c12. The summed E-state index contributed by atoms with van der Waals surface area (Å²) < 4.78 is 11.5. The van der Waals surface area contributed by atoms with E-state index in [1.165, 1.54) is 5.56 Å². The van der Waals surface area contributed by atoms with Crippen LogP contribution in [0.25, 0.3) is 21.9 Å².